The fourth-order valence-electron chi connectivity index (χ4n) is 2.10. The fraction of sp³-hybridized carbons (Fsp3) is 0.462. The molecule has 1 fully saturated rings. The minimum Gasteiger partial charge on any atom is -0.465 e. The van der Waals surface area contributed by atoms with Crippen LogP contribution in [0.1, 0.15) is 47.2 Å². The number of rotatable bonds is 3. The Bertz CT molecular complexity index is 422. The summed E-state index contributed by atoms with van der Waals surface area (Å²) in [5.74, 6) is 0.463. The number of ether oxygens (including phenoxy) is 1. The molecular weight excluding hydrogens is 315 g/mol. The van der Waals surface area contributed by atoms with Gasteiger partial charge in [0.25, 0.3) is 0 Å². The summed E-state index contributed by atoms with van der Waals surface area (Å²) in [4.78, 5) is 11.7. The van der Waals surface area contributed by atoms with Crippen molar-refractivity contribution in [1.82, 2.24) is 0 Å². The van der Waals surface area contributed by atoms with Gasteiger partial charge in [0.05, 0.1) is 12.7 Å². The van der Waals surface area contributed by atoms with E-state index in [1.165, 1.54) is 31.1 Å². The first-order valence-corrected chi connectivity index (χ1v) is 6.65. The van der Waals surface area contributed by atoms with Gasteiger partial charge in [0.2, 0.25) is 0 Å². The minimum absolute atomic E-state index is 0.211. The summed E-state index contributed by atoms with van der Waals surface area (Å²) in [7, 11) is 1.44. The summed E-state index contributed by atoms with van der Waals surface area (Å²) in [6.07, 6.45) is 3.41. The van der Waals surface area contributed by atoms with Crippen molar-refractivity contribution in [3.05, 3.63) is 32.4 Å². The maximum atomic E-state index is 11.7. The number of halogens is 1. The van der Waals surface area contributed by atoms with Crippen LogP contribution in [0, 0.1) is 3.57 Å². The van der Waals surface area contributed by atoms with Gasteiger partial charge in [-0.2, -0.15) is 0 Å². The molecule has 1 aromatic carbocycles. The van der Waals surface area contributed by atoms with Crippen LogP contribution in [-0.2, 0) is 11.2 Å². The van der Waals surface area contributed by atoms with Gasteiger partial charge in [-0.3, -0.25) is 0 Å². The van der Waals surface area contributed by atoms with E-state index in [1.54, 1.807) is 0 Å². The Labute approximate surface area is 110 Å². The maximum absolute atomic E-state index is 11.7. The average molecular weight is 330 g/mol. The van der Waals surface area contributed by atoms with Gasteiger partial charge in [-0.1, -0.05) is 6.92 Å². The normalized spacial score (nSPS) is 14.9. The summed E-state index contributed by atoms with van der Waals surface area (Å²) < 4.78 is 5.97. The van der Waals surface area contributed by atoms with E-state index in [1.807, 2.05) is 6.07 Å². The standard InChI is InChI=1S/C13H15IO2/c1-3-10-11(8-4-5-8)6-9(14)7-12(10)13(15)16-2/h6-8H,3-5H2,1-2H3. The van der Waals surface area contributed by atoms with Crippen molar-refractivity contribution in [2.45, 2.75) is 32.1 Å². The van der Waals surface area contributed by atoms with E-state index in [-0.39, 0.29) is 5.97 Å². The first kappa shape index (κ1) is 11.9. The molecule has 0 N–H and O–H groups in total. The second-order valence-electron chi connectivity index (χ2n) is 4.14. The lowest BCUT2D eigenvalue weighted by molar-refractivity contribution is 0.0599. The van der Waals surface area contributed by atoms with E-state index in [4.69, 9.17) is 4.74 Å². The molecule has 2 rings (SSSR count). The lowest BCUT2D eigenvalue weighted by Gasteiger charge is -2.12. The van der Waals surface area contributed by atoms with E-state index in [0.29, 0.717) is 5.92 Å². The molecule has 0 spiro atoms. The molecule has 3 heteroatoms. The Hall–Kier alpha value is -0.580. The molecule has 16 heavy (non-hydrogen) atoms. The average Bonchev–Trinajstić information content (AvgIpc) is 3.10. The molecular formula is C13H15IO2. The van der Waals surface area contributed by atoms with Crippen molar-refractivity contribution in [1.29, 1.82) is 0 Å². The molecule has 0 radical (unpaired) electrons. The van der Waals surface area contributed by atoms with Crippen molar-refractivity contribution in [3.63, 3.8) is 0 Å². The molecule has 2 nitrogen and oxygen atoms in total. The molecule has 0 atom stereocenters. The Kier molecular flexibility index (Phi) is 3.52. The van der Waals surface area contributed by atoms with E-state index >= 15 is 0 Å². The third-order valence-corrected chi connectivity index (χ3v) is 3.65. The van der Waals surface area contributed by atoms with Crippen LogP contribution in [0.4, 0.5) is 0 Å². The highest BCUT2D eigenvalue weighted by atomic mass is 127. The zero-order valence-electron chi connectivity index (χ0n) is 9.55. The van der Waals surface area contributed by atoms with Crippen LogP contribution in [-0.4, -0.2) is 13.1 Å². The molecule has 0 bridgehead atoms. The predicted octanol–water partition coefficient (Wildman–Crippen LogP) is 3.52. The molecule has 0 saturated heterocycles. The highest BCUT2D eigenvalue weighted by Gasteiger charge is 2.28. The van der Waals surface area contributed by atoms with Gasteiger partial charge in [-0.15, -0.1) is 0 Å². The van der Waals surface area contributed by atoms with Crippen LogP contribution in [0.15, 0.2) is 12.1 Å². The third kappa shape index (κ3) is 2.24. The van der Waals surface area contributed by atoms with Crippen LogP contribution < -0.4 is 0 Å². The second kappa shape index (κ2) is 4.73. The van der Waals surface area contributed by atoms with Gasteiger partial charge in [-0.05, 0) is 71.0 Å². The van der Waals surface area contributed by atoms with E-state index in [2.05, 4.69) is 35.6 Å². The molecule has 0 aromatic heterocycles. The molecule has 1 aromatic rings. The fourth-order valence-corrected chi connectivity index (χ4v) is 2.75. The topological polar surface area (TPSA) is 26.3 Å². The summed E-state index contributed by atoms with van der Waals surface area (Å²) in [5, 5.41) is 0. The molecule has 1 saturated carbocycles. The van der Waals surface area contributed by atoms with Crippen LogP contribution in [0.3, 0.4) is 0 Å². The lowest BCUT2D eigenvalue weighted by atomic mass is 9.96. The molecule has 0 amide bonds. The van der Waals surface area contributed by atoms with Crippen molar-refractivity contribution < 1.29 is 9.53 Å². The predicted molar refractivity (Wildman–Crippen MR) is 71.9 cm³/mol. The molecule has 1 aliphatic carbocycles. The second-order valence-corrected chi connectivity index (χ2v) is 5.39. The first-order chi connectivity index (χ1) is 7.67. The van der Waals surface area contributed by atoms with Crippen LogP contribution in [0.2, 0.25) is 0 Å². The Morgan fingerprint density at radius 1 is 1.50 bits per heavy atom. The summed E-state index contributed by atoms with van der Waals surface area (Å²) in [6, 6.07) is 4.14. The number of carbonyl (C=O) groups is 1. The molecule has 1 aliphatic rings. The lowest BCUT2D eigenvalue weighted by Crippen LogP contribution is -2.08. The minimum atomic E-state index is -0.211. The van der Waals surface area contributed by atoms with Crippen molar-refractivity contribution in [3.8, 4) is 0 Å². The van der Waals surface area contributed by atoms with Crippen molar-refractivity contribution >= 4 is 28.6 Å². The summed E-state index contributed by atoms with van der Waals surface area (Å²) in [6.45, 7) is 2.10. The van der Waals surface area contributed by atoms with Crippen molar-refractivity contribution in [2.24, 2.45) is 0 Å². The van der Waals surface area contributed by atoms with Gasteiger partial charge >= 0.3 is 5.97 Å². The smallest absolute Gasteiger partial charge is 0.338 e. The maximum Gasteiger partial charge on any atom is 0.338 e. The van der Waals surface area contributed by atoms with Crippen LogP contribution in [0.25, 0.3) is 0 Å². The van der Waals surface area contributed by atoms with Gasteiger partial charge in [0.1, 0.15) is 0 Å². The van der Waals surface area contributed by atoms with Gasteiger partial charge in [0.15, 0.2) is 0 Å². The Morgan fingerprint density at radius 3 is 2.69 bits per heavy atom. The number of hydrogen-bond acceptors (Lipinski definition) is 2. The van der Waals surface area contributed by atoms with Gasteiger partial charge < -0.3 is 4.74 Å². The Morgan fingerprint density at radius 2 is 2.19 bits per heavy atom. The quantitative estimate of drug-likeness (QED) is 0.626. The third-order valence-electron chi connectivity index (χ3n) is 3.03. The molecule has 0 aliphatic heterocycles. The highest BCUT2D eigenvalue weighted by Crippen LogP contribution is 2.43. The largest absolute Gasteiger partial charge is 0.465 e. The van der Waals surface area contributed by atoms with Crippen LogP contribution in [0.5, 0.6) is 0 Å². The van der Waals surface area contributed by atoms with Gasteiger partial charge in [-0.25, -0.2) is 4.79 Å². The number of hydrogen-bond donors (Lipinski definition) is 0. The van der Waals surface area contributed by atoms with Crippen LogP contribution >= 0.6 is 22.6 Å². The zero-order valence-corrected chi connectivity index (χ0v) is 11.7. The van der Waals surface area contributed by atoms with E-state index in [9.17, 15) is 4.79 Å². The summed E-state index contributed by atoms with van der Waals surface area (Å²) in [5.41, 5.74) is 3.28. The Balaban J connectivity index is 2.53. The number of carbonyl (C=O) groups excluding carboxylic acids is 1. The summed E-state index contributed by atoms with van der Waals surface area (Å²) >= 11 is 2.27. The van der Waals surface area contributed by atoms with Crippen molar-refractivity contribution in [2.75, 3.05) is 7.11 Å². The number of esters is 1. The van der Waals surface area contributed by atoms with E-state index < -0.39 is 0 Å². The molecule has 0 heterocycles. The van der Waals surface area contributed by atoms with E-state index in [0.717, 1.165) is 15.6 Å². The first-order valence-electron chi connectivity index (χ1n) is 5.58. The monoisotopic (exact) mass is 330 g/mol. The number of benzene rings is 1. The number of methoxy groups -OCH3 is 1. The SMILES string of the molecule is CCc1c(C(=O)OC)cc(I)cc1C1CC1. The van der Waals surface area contributed by atoms with Gasteiger partial charge in [0, 0.05) is 3.57 Å². The molecule has 0 unspecified atom stereocenters. The highest BCUT2D eigenvalue weighted by molar-refractivity contribution is 14.1. The zero-order chi connectivity index (χ0) is 11.7. The molecule has 86 valence electrons.